The summed E-state index contributed by atoms with van der Waals surface area (Å²) < 4.78 is 5.36. The lowest BCUT2D eigenvalue weighted by molar-refractivity contribution is -0.135. The zero-order valence-electron chi connectivity index (χ0n) is 23.0. The van der Waals surface area contributed by atoms with Gasteiger partial charge in [0.05, 0.1) is 13.2 Å². The van der Waals surface area contributed by atoms with Crippen LogP contribution in [-0.4, -0.2) is 52.5 Å². The van der Waals surface area contributed by atoms with Crippen LogP contribution in [0.25, 0.3) is 0 Å². The van der Waals surface area contributed by atoms with Gasteiger partial charge in [0.25, 0.3) is 0 Å². The summed E-state index contributed by atoms with van der Waals surface area (Å²) in [5.74, 6) is 0.233. The van der Waals surface area contributed by atoms with Crippen LogP contribution in [-0.2, 0) is 24.2 Å². The molecular formula is C31H39N3O5. The fourth-order valence-corrected chi connectivity index (χ4v) is 4.59. The van der Waals surface area contributed by atoms with Gasteiger partial charge in [0.1, 0.15) is 17.4 Å². The van der Waals surface area contributed by atoms with Crippen molar-refractivity contribution >= 4 is 12.0 Å². The molecule has 8 nitrogen and oxygen atoms in total. The fourth-order valence-electron chi connectivity index (χ4n) is 4.59. The standard InChI is InChI=1S/C31H39N3O5/c1-30(2,3)34-28(36)31(20-23-14-9-6-10-15-23,32-21-24-16-11-17-25(18-24)39-4)27(35)26(33-29(37)38)19-22-12-7-5-8-13-22/h5-18,26-27,32-33,35H,19-21H2,1-4H3,(H,34,36)(H,37,38)/t26-,27+,31?/m0/s1. The summed E-state index contributed by atoms with van der Waals surface area (Å²) in [5, 5.41) is 30.6. The predicted molar refractivity (Wildman–Crippen MR) is 152 cm³/mol. The molecule has 1 unspecified atom stereocenters. The number of carbonyl (C=O) groups is 2. The van der Waals surface area contributed by atoms with Crippen molar-refractivity contribution in [1.82, 2.24) is 16.0 Å². The number of amides is 2. The summed E-state index contributed by atoms with van der Waals surface area (Å²) in [5.41, 5.74) is 0.277. The van der Waals surface area contributed by atoms with E-state index in [1.165, 1.54) is 0 Å². The molecule has 0 radical (unpaired) electrons. The van der Waals surface area contributed by atoms with Crippen molar-refractivity contribution in [2.75, 3.05) is 7.11 Å². The Hall–Kier alpha value is -3.88. The van der Waals surface area contributed by atoms with E-state index in [-0.39, 0.29) is 19.4 Å². The maximum absolute atomic E-state index is 14.2. The van der Waals surface area contributed by atoms with E-state index in [1.807, 2.05) is 106 Å². The van der Waals surface area contributed by atoms with Gasteiger partial charge in [-0.05, 0) is 56.0 Å². The van der Waals surface area contributed by atoms with Crippen LogP contribution in [0.4, 0.5) is 4.79 Å². The van der Waals surface area contributed by atoms with Gasteiger partial charge in [-0.3, -0.25) is 10.1 Å². The molecule has 0 aliphatic heterocycles. The lowest BCUT2D eigenvalue weighted by Crippen LogP contribution is -2.71. The van der Waals surface area contributed by atoms with Gasteiger partial charge < -0.3 is 25.6 Å². The highest BCUT2D eigenvalue weighted by Crippen LogP contribution is 2.26. The number of hydrogen-bond acceptors (Lipinski definition) is 5. The van der Waals surface area contributed by atoms with E-state index in [0.717, 1.165) is 16.7 Å². The van der Waals surface area contributed by atoms with Crippen molar-refractivity contribution in [3.63, 3.8) is 0 Å². The highest BCUT2D eigenvalue weighted by atomic mass is 16.5. The minimum Gasteiger partial charge on any atom is -0.497 e. The molecule has 0 bridgehead atoms. The van der Waals surface area contributed by atoms with Gasteiger partial charge in [-0.1, -0.05) is 72.8 Å². The van der Waals surface area contributed by atoms with E-state index in [1.54, 1.807) is 7.11 Å². The Morgan fingerprint density at radius 2 is 1.46 bits per heavy atom. The number of rotatable bonds is 12. The molecule has 208 valence electrons. The predicted octanol–water partition coefficient (Wildman–Crippen LogP) is 3.92. The zero-order chi connectivity index (χ0) is 28.5. The van der Waals surface area contributed by atoms with Crippen molar-refractivity contribution in [3.8, 4) is 5.75 Å². The maximum atomic E-state index is 14.2. The minimum absolute atomic E-state index is 0.119. The molecular weight excluding hydrogens is 494 g/mol. The van der Waals surface area contributed by atoms with Crippen molar-refractivity contribution in [3.05, 3.63) is 102 Å². The fraction of sp³-hybridized carbons (Fsp3) is 0.355. The molecule has 0 heterocycles. The van der Waals surface area contributed by atoms with Crippen molar-refractivity contribution in [1.29, 1.82) is 0 Å². The molecule has 0 aliphatic rings. The molecule has 39 heavy (non-hydrogen) atoms. The second-order valence-electron chi connectivity index (χ2n) is 10.7. The summed E-state index contributed by atoms with van der Waals surface area (Å²) in [7, 11) is 1.58. The van der Waals surface area contributed by atoms with Crippen LogP contribution in [0.1, 0.15) is 37.5 Å². The van der Waals surface area contributed by atoms with E-state index in [0.29, 0.717) is 5.75 Å². The van der Waals surface area contributed by atoms with Gasteiger partial charge in [0.2, 0.25) is 5.91 Å². The Bertz CT molecular complexity index is 1210. The largest absolute Gasteiger partial charge is 0.497 e. The third kappa shape index (κ3) is 8.56. The lowest BCUT2D eigenvalue weighted by atomic mass is 9.78. The molecule has 0 saturated carbocycles. The number of aliphatic hydroxyl groups is 1. The summed E-state index contributed by atoms with van der Waals surface area (Å²) in [4.78, 5) is 26.1. The van der Waals surface area contributed by atoms with E-state index in [4.69, 9.17) is 4.74 Å². The number of methoxy groups -OCH3 is 1. The Kier molecular flexibility index (Phi) is 10.1. The number of carbonyl (C=O) groups excluding carboxylic acids is 1. The SMILES string of the molecule is COc1cccc(CNC(Cc2ccccc2)(C(=O)NC(C)(C)C)[C@H](O)[C@H](Cc2ccccc2)NC(=O)O)c1. The molecule has 0 aliphatic carbocycles. The van der Waals surface area contributed by atoms with E-state index < -0.39 is 35.2 Å². The van der Waals surface area contributed by atoms with E-state index >= 15 is 0 Å². The summed E-state index contributed by atoms with van der Waals surface area (Å²) >= 11 is 0. The van der Waals surface area contributed by atoms with Gasteiger partial charge in [0.15, 0.2) is 0 Å². The minimum atomic E-state index is -1.60. The topological polar surface area (TPSA) is 120 Å². The van der Waals surface area contributed by atoms with Crippen LogP contribution in [0.2, 0.25) is 0 Å². The third-order valence-corrected chi connectivity index (χ3v) is 6.45. The monoisotopic (exact) mass is 533 g/mol. The van der Waals surface area contributed by atoms with Crippen molar-refractivity contribution in [2.24, 2.45) is 0 Å². The van der Waals surface area contributed by atoms with E-state index in [9.17, 15) is 19.8 Å². The molecule has 5 N–H and O–H groups in total. The van der Waals surface area contributed by atoms with Gasteiger partial charge in [0, 0.05) is 18.5 Å². The third-order valence-electron chi connectivity index (χ3n) is 6.45. The first kappa shape index (κ1) is 29.7. The second kappa shape index (κ2) is 13.3. The van der Waals surface area contributed by atoms with Gasteiger partial charge in [-0.25, -0.2) is 4.79 Å². The number of carboxylic acid groups (broad SMARTS) is 1. The van der Waals surface area contributed by atoms with Crippen molar-refractivity contribution < 1.29 is 24.5 Å². The number of aliphatic hydroxyl groups excluding tert-OH is 1. The summed E-state index contributed by atoms with van der Waals surface area (Å²) in [6.45, 7) is 5.82. The Morgan fingerprint density at radius 3 is 2.03 bits per heavy atom. The number of nitrogens with one attached hydrogen (secondary N) is 3. The summed E-state index contributed by atoms with van der Waals surface area (Å²) in [6, 6.07) is 25.1. The number of hydrogen-bond donors (Lipinski definition) is 5. The van der Waals surface area contributed by atoms with Crippen LogP contribution < -0.4 is 20.7 Å². The van der Waals surface area contributed by atoms with Crippen LogP contribution >= 0.6 is 0 Å². The van der Waals surface area contributed by atoms with Crippen LogP contribution in [0.3, 0.4) is 0 Å². The average molecular weight is 534 g/mol. The highest BCUT2D eigenvalue weighted by Gasteiger charge is 2.49. The molecule has 3 atom stereocenters. The first-order valence-electron chi connectivity index (χ1n) is 13.0. The van der Waals surface area contributed by atoms with Crippen molar-refractivity contribution in [2.45, 2.75) is 63.4 Å². The quantitative estimate of drug-likeness (QED) is 0.241. The molecule has 3 rings (SSSR count). The molecule has 8 heteroatoms. The van der Waals surface area contributed by atoms with Gasteiger partial charge in [-0.2, -0.15) is 0 Å². The zero-order valence-corrected chi connectivity index (χ0v) is 23.0. The van der Waals surface area contributed by atoms with Crippen LogP contribution in [0, 0.1) is 0 Å². The Balaban J connectivity index is 2.11. The van der Waals surface area contributed by atoms with Gasteiger partial charge in [-0.15, -0.1) is 0 Å². The average Bonchev–Trinajstić information content (AvgIpc) is 2.90. The summed E-state index contributed by atoms with van der Waals surface area (Å²) in [6.07, 6.45) is -2.42. The second-order valence-corrected chi connectivity index (χ2v) is 10.7. The lowest BCUT2D eigenvalue weighted by Gasteiger charge is -2.43. The molecule has 0 saturated heterocycles. The number of ether oxygens (including phenoxy) is 1. The van der Waals surface area contributed by atoms with E-state index in [2.05, 4.69) is 16.0 Å². The smallest absolute Gasteiger partial charge is 0.404 e. The van der Waals surface area contributed by atoms with Crippen LogP contribution in [0.5, 0.6) is 5.75 Å². The first-order chi connectivity index (χ1) is 18.5. The molecule has 3 aromatic carbocycles. The van der Waals surface area contributed by atoms with Crippen LogP contribution in [0.15, 0.2) is 84.9 Å². The normalized spacial score (nSPS) is 14.5. The highest BCUT2D eigenvalue weighted by molar-refractivity contribution is 5.88. The molecule has 3 aromatic rings. The molecule has 0 aromatic heterocycles. The first-order valence-corrected chi connectivity index (χ1v) is 13.0. The molecule has 0 fully saturated rings. The molecule has 0 spiro atoms. The maximum Gasteiger partial charge on any atom is 0.404 e. The number of benzene rings is 3. The Morgan fingerprint density at radius 1 is 0.872 bits per heavy atom. The van der Waals surface area contributed by atoms with Gasteiger partial charge >= 0.3 is 6.09 Å². The molecule has 2 amide bonds. The Labute approximate surface area is 230 Å².